The summed E-state index contributed by atoms with van der Waals surface area (Å²) in [6, 6.07) is 9.30. The lowest BCUT2D eigenvalue weighted by Crippen LogP contribution is -2.32. The van der Waals surface area contributed by atoms with Crippen molar-refractivity contribution in [3.8, 4) is 0 Å². The van der Waals surface area contributed by atoms with Gasteiger partial charge < -0.3 is 9.73 Å². The number of carbonyl (C=O) groups excluding carboxylic acids is 1. The zero-order valence-corrected chi connectivity index (χ0v) is 10.7. The van der Waals surface area contributed by atoms with E-state index >= 15 is 0 Å². The van der Waals surface area contributed by atoms with Crippen LogP contribution in [0.25, 0.3) is 0 Å². The largest absolute Gasteiger partial charge is 0.469 e. The van der Waals surface area contributed by atoms with E-state index in [1.807, 2.05) is 19.1 Å². The summed E-state index contributed by atoms with van der Waals surface area (Å²) in [6.07, 6.45) is 3.20. The van der Waals surface area contributed by atoms with E-state index in [1.165, 1.54) is 24.3 Å². The van der Waals surface area contributed by atoms with E-state index < -0.39 is 0 Å². The summed E-state index contributed by atoms with van der Waals surface area (Å²) in [7, 11) is 0. The summed E-state index contributed by atoms with van der Waals surface area (Å²) < 4.78 is 18.0. The number of carbonyl (C=O) groups is 1. The Hall–Kier alpha value is -2.10. The van der Waals surface area contributed by atoms with Gasteiger partial charge in [-0.15, -0.1) is 0 Å². The van der Waals surface area contributed by atoms with Crippen molar-refractivity contribution in [3.05, 3.63) is 59.8 Å². The van der Waals surface area contributed by atoms with Crippen LogP contribution in [-0.4, -0.2) is 11.9 Å². The maximum Gasteiger partial charge on any atom is 0.251 e. The molecule has 1 unspecified atom stereocenters. The van der Waals surface area contributed by atoms with Gasteiger partial charge in [-0.25, -0.2) is 4.39 Å². The normalized spacial score (nSPS) is 12.1. The topological polar surface area (TPSA) is 42.2 Å². The van der Waals surface area contributed by atoms with Gasteiger partial charge in [-0.3, -0.25) is 4.79 Å². The number of halogens is 1. The summed E-state index contributed by atoms with van der Waals surface area (Å²) in [4.78, 5) is 11.9. The molecule has 0 aliphatic carbocycles. The molecule has 0 aliphatic heterocycles. The molecule has 19 heavy (non-hydrogen) atoms. The van der Waals surface area contributed by atoms with Crippen molar-refractivity contribution >= 4 is 5.91 Å². The molecule has 2 aromatic rings. The second kappa shape index (κ2) is 6.18. The average molecular weight is 261 g/mol. The predicted molar refractivity (Wildman–Crippen MR) is 70.4 cm³/mol. The molecule has 2 rings (SSSR count). The molecular weight excluding hydrogens is 245 g/mol. The van der Waals surface area contributed by atoms with E-state index in [4.69, 9.17) is 4.42 Å². The van der Waals surface area contributed by atoms with Gasteiger partial charge in [0.25, 0.3) is 5.91 Å². The van der Waals surface area contributed by atoms with Crippen LogP contribution in [0.4, 0.5) is 4.39 Å². The van der Waals surface area contributed by atoms with Gasteiger partial charge in [0.05, 0.1) is 6.26 Å². The molecule has 0 radical (unpaired) electrons. The van der Waals surface area contributed by atoms with Crippen LogP contribution in [0.15, 0.2) is 47.1 Å². The Kier molecular flexibility index (Phi) is 4.34. The number of hydrogen-bond acceptors (Lipinski definition) is 2. The fraction of sp³-hybridized carbons (Fsp3) is 0.267. The highest BCUT2D eigenvalue weighted by Gasteiger charge is 2.10. The van der Waals surface area contributed by atoms with Crippen LogP contribution in [-0.2, 0) is 6.42 Å². The first-order valence-electron chi connectivity index (χ1n) is 6.24. The van der Waals surface area contributed by atoms with Crippen molar-refractivity contribution in [2.24, 2.45) is 0 Å². The first-order chi connectivity index (χ1) is 9.15. The summed E-state index contributed by atoms with van der Waals surface area (Å²) in [6.45, 7) is 1.93. The lowest BCUT2D eigenvalue weighted by Gasteiger charge is -2.13. The van der Waals surface area contributed by atoms with Gasteiger partial charge in [0.1, 0.15) is 11.6 Å². The van der Waals surface area contributed by atoms with Crippen molar-refractivity contribution in [1.82, 2.24) is 5.32 Å². The Morgan fingerprint density at radius 2 is 2.05 bits per heavy atom. The second-order valence-electron chi connectivity index (χ2n) is 4.50. The monoisotopic (exact) mass is 261 g/mol. The van der Waals surface area contributed by atoms with Crippen LogP contribution in [0.1, 0.15) is 29.5 Å². The molecule has 0 saturated carbocycles. The molecule has 1 aromatic carbocycles. The van der Waals surface area contributed by atoms with E-state index in [2.05, 4.69) is 5.32 Å². The highest BCUT2D eigenvalue weighted by atomic mass is 19.1. The van der Waals surface area contributed by atoms with Crippen molar-refractivity contribution in [1.29, 1.82) is 0 Å². The SMILES string of the molecule is CC(CCc1ccco1)NC(=O)c1ccc(F)cc1. The van der Waals surface area contributed by atoms with E-state index in [-0.39, 0.29) is 17.8 Å². The van der Waals surface area contributed by atoms with Crippen molar-refractivity contribution in [3.63, 3.8) is 0 Å². The first kappa shape index (κ1) is 13.3. The maximum absolute atomic E-state index is 12.7. The lowest BCUT2D eigenvalue weighted by molar-refractivity contribution is 0.0938. The molecule has 4 heteroatoms. The highest BCUT2D eigenvalue weighted by molar-refractivity contribution is 5.94. The molecule has 1 N–H and O–H groups in total. The minimum Gasteiger partial charge on any atom is -0.469 e. The summed E-state index contributed by atoms with van der Waals surface area (Å²) in [5.74, 6) is 0.372. The quantitative estimate of drug-likeness (QED) is 0.898. The molecule has 100 valence electrons. The van der Waals surface area contributed by atoms with Gasteiger partial charge in [-0.05, 0) is 49.7 Å². The maximum atomic E-state index is 12.7. The van der Waals surface area contributed by atoms with Gasteiger partial charge in [-0.2, -0.15) is 0 Å². The van der Waals surface area contributed by atoms with Crippen molar-refractivity contribution < 1.29 is 13.6 Å². The summed E-state index contributed by atoms with van der Waals surface area (Å²) in [5, 5.41) is 2.88. The van der Waals surface area contributed by atoms with E-state index in [0.717, 1.165) is 18.6 Å². The molecule has 0 aliphatic rings. The smallest absolute Gasteiger partial charge is 0.251 e. The molecule has 0 spiro atoms. The Labute approximate surface area is 111 Å². The zero-order valence-electron chi connectivity index (χ0n) is 10.7. The molecule has 1 heterocycles. The van der Waals surface area contributed by atoms with Gasteiger partial charge in [-0.1, -0.05) is 0 Å². The van der Waals surface area contributed by atoms with Crippen LogP contribution in [0.3, 0.4) is 0 Å². The van der Waals surface area contributed by atoms with Crippen molar-refractivity contribution in [2.75, 3.05) is 0 Å². The Morgan fingerprint density at radius 3 is 2.68 bits per heavy atom. The Morgan fingerprint density at radius 1 is 1.32 bits per heavy atom. The molecule has 0 fully saturated rings. The zero-order chi connectivity index (χ0) is 13.7. The summed E-state index contributed by atoms with van der Waals surface area (Å²) >= 11 is 0. The van der Waals surface area contributed by atoms with Gasteiger partial charge in [0.2, 0.25) is 0 Å². The Bertz CT molecular complexity index is 520. The lowest BCUT2D eigenvalue weighted by atomic mass is 10.1. The average Bonchev–Trinajstić information content (AvgIpc) is 2.90. The van der Waals surface area contributed by atoms with Crippen LogP contribution in [0, 0.1) is 5.82 Å². The molecule has 1 atom stereocenters. The standard InChI is InChI=1S/C15H16FNO2/c1-11(4-9-14-3-2-10-19-14)17-15(18)12-5-7-13(16)8-6-12/h2-3,5-8,10-11H,4,9H2,1H3,(H,17,18). The first-order valence-corrected chi connectivity index (χ1v) is 6.24. The van der Waals surface area contributed by atoms with Crippen molar-refractivity contribution in [2.45, 2.75) is 25.8 Å². The molecule has 3 nitrogen and oxygen atoms in total. The third-order valence-electron chi connectivity index (χ3n) is 2.89. The molecular formula is C15H16FNO2. The third kappa shape index (κ3) is 3.95. The van der Waals surface area contributed by atoms with Gasteiger partial charge in [0.15, 0.2) is 0 Å². The summed E-state index contributed by atoms with van der Waals surface area (Å²) in [5.41, 5.74) is 0.464. The molecule has 1 amide bonds. The number of furan rings is 1. The third-order valence-corrected chi connectivity index (χ3v) is 2.89. The predicted octanol–water partition coefficient (Wildman–Crippen LogP) is 3.17. The van der Waals surface area contributed by atoms with Gasteiger partial charge >= 0.3 is 0 Å². The van der Waals surface area contributed by atoms with Crippen LogP contribution in [0.5, 0.6) is 0 Å². The highest BCUT2D eigenvalue weighted by Crippen LogP contribution is 2.07. The number of rotatable bonds is 5. The van der Waals surface area contributed by atoms with Crippen LogP contribution < -0.4 is 5.32 Å². The number of benzene rings is 1. The van der Waals surface area contributed by atoms with Crippen LogP contribution in [0.2, 0.25) is 0 Å². The van der Waals surface area contributed by atoms with Crippen LogP contribution >= 0.6 is 0 Å². The number of nitrogens with one attached hydrogen (secondary N) is 1. The second-order valence-corrected chi connectivity index (χ2v) is 4.50. The van der Waals surface area contributed by atoms with E-state index in [0.29, 0.717) is 5.56 Å². The fourth-order valence-electron chi connectivity index (χ4n) is 1.79. The minimum atomic E-state index is -0.345. The van der Waals surface area contributed by atoms with E-state index in [9.17, 15) is 9.18 Å². The number of aryl methyl sites for hydroxylation is 1. The number of hydrogen-bond donors (Lipinski definition) is 1. The number of amides is 1. The fourth-order valence-corrected chi connectivity index (χ4v) is 1.79. The minimum absolute atomic E-state index is 0.0302. The molecule has 0 saturated heterocycles. The molecule has 0 bridgehead atoms. The molecule has 1 aromatic heterocycles. The van der Waals surface area contributed by atoms with Gasteiger partial charge in [0, 0.05) is 18.0 Å². The van der Waals surface area contributed by atoms with E-state index in [1.54, 1.807) is 6.26 Å². The Balaban J connectivity index is 1.83.